The van der Waals surface area contributed by atoms with Crippen LogP contribution in [-0.2, 0) is 17.8 Å². The number of fused-ring (bicyclic) bond motifs is 1. The largest absolute Gasteiger partial charge is 0.376 e. The van der Waals surface area contributed by atoms with Gasteiger partial charge in [0.1, 0.15) is 5.82 Å². The molecule has 1 fully saturated rings. The van der Waals surface area contributed by atoms with Crippen molar-refractivity contribution in [3.8, 4) is 0 Å². The van der Waals surface area contributed by atoms with Crippen molar-refractivity contribution in [3.63, 3.8) is 0 Å². The average molecular weight is 255 g/mol. The van der Waals surface area contributed by atoms with Gasteiger partial charge >= 0.3 is 0 Å². The number of nitrogens with zero attached hydrogens (tertiary/aromatic N) is 2. The predicted octanol–water partition coefficient (Wildman–Crippen LogP) is 1.32. The SMILES string of the molecule is Clc1nc2c(c(NCC3CCCO3)n1)CNC2. The summed E-state index contributed by atoms with van der Waals surface area (Å²) < 4.78 is 5.57. The van der Waals surface area contributed by atoms with E-state index in [0.29, 0.717) is 11.4 Å². The van der Waals surface area contributed by atoms with Crippen LogP contribution in [0.15, 0.2) is 0 Å². The van der Waals surface area contributed by atoms with E-state index < -0.39 is 0 Å². The van der Waals surface area contributed by atoms with Crippen molar-refractivity contribution in [2.45, 2.75) is 32.0 Å². The molecule has 2 N–H and O–H groups in total. The van der Waals surface area contributed by atoms with Gasteiger partial charge in [-0.1, -0.05) is 0 Å². The minimum absolute atomic E-state index is 0.300. The molecule has 2 aliphatic heterocycles. The molecule has 17 heavy (non-hydrogen) atoms. The number of nitrogens with one attached hydrogen (secondary N) is 2. The minimum Gasteiger partial charge on any atom is -0.376 e. The van der Waals surface area contributed by atoms with Crippen molar-refractivity contribution < 1.29 is 4.74 Å². The van der Waals surface area contributed by atoms with E-state index in [1.807, 2.05) is 0 Å². The van der Waals surface area contributed by atoms with Crippen LogP contribution in [0.3, 0.4) is 0 Å². The van der Waals surface area contributed by atoms with Gasteiger partial charge in [0.15, 0.2) is 0 Å². The minimum atomic E-state index is 0.300. The molecular weight excluding hydrogens is 240 g/mol. The summed E-state index contributed by atoms with van der Waals surface area (Å²) in [5.41, 5.74) is 2.13. The Kier molecular flexibility index (Phi) is 3.13. The van der Waals surface area contributed by atoms with Crippen molar-refractivity contribution in [1.82, 2.24) is 15.3 Å². The van der Waals surface area contributed by atoms with Crippen LogP contribution in [0.1, 0.15) is 24.1 Å². The van der Waals surface area contributed by atoms with Gasteiger partial charge in [0, 0.05) is 31.8 Å². The second-order valence-electron chi connectivity index (χ2n) is 4.39. The van der Waals surface area contributed by atoms with Gasteiger partial charge in [0.05, 0.1) is 11.8 Å². The van der Waals surface area contributed by atoms with E-state index in [-0.39, 0.29) is 0 Å². The summed E-state index contributed by atoms with van der Waals surface area (Å²) in [6.45, 7) is 3.24. The number of hydrogen-bond donors (Lipinski definition) is 2. The number of halogens is 1. The summed E-state index contributed by atoms with van der Waals surface area (Å²) in [6.07, 6.45) is 2.57. The zero-order valence-corrected chi connectivity index (χ0v) is 10.3. The molecule has 0 bridgehead atoms. The Balaban J connectivity index is 1.73. The van der Waals surface area contributed by atoms with E-state index in [1.165, 1.54) is 0 Å². The zero-order valence-electron chi connectivity index (χ0n) is 9.50. The van der Waals surface area contributed by atoms with E-state index in [1.54, 1.807) is 0 Å². The van der Waals surface area contributed by atoms with Gasteiger partial charge in [-0.25, -0.2) is 9.97 Å². The molecule has 3 rings (SSSR count). The molecule has 0 aromatic carbocycles. The van der Waals surface area contributed by atoms with Gasteiger partial charge in [-0.2, -0.15) is 0 Å². The van der Waals surface area contributed by atoms with Crippen molar-refractivity contribution in [2.75, 3.05) is 18.5 Å². The Hall–Kier alpha value is -0.910. The number of anilines is 1. The highest BCUT2D eigenvalue weighted by Crippen LogP contribution is 2.23. The van der Waals surface area contributed by atoms with Crippen LogP contribution in [0.25, 0.3) is 0 Å². The summed E-state index contributed by atoms with van der Waals surface area (Å²) in [5.74, 6) is 0.848. The van der Waals surface area contributed by atoms with Crippen LogP contribution in [0.5, 0.6) is 0 Å². The number of aromatic nitrogens is 2. The molecule has 0 saturated carbocycles. The lowest BCUT2D eigenvalue weighted by Gasteiger charge is -2.13. The smallest absolute Gasteiger partial charge is 0.224 e. The predicted molar refractivity (Wildman–Crippen MR) is 65.0 cm³/mol. The molecule has 3 heterocycles. The number of rotatable bonds is 3. The van der Waals surface area contributed by atoms with Crippen LogP contribution in [-0.4, -0.2) is 29.2 Å². The Bertz CT molecular complexity index is 420. The topological polar surface area (TPSA) is 59.1 Å². The third-order valence-electron chi connectivity index (χ3n) is 3.18. The van der Waals surface area contributed by atoms with E-state index in [4.69, 9.17) is 16.3 Å². The maximum atomic E-state index is 5.90. The highest BCUT2D eigenvalue weighted by atomic mass is 35.5. The van der Waals surface area contributed by atoms with Gasteiger partial charge in [-0.3, -0.25) is 0 Å². The van der Waals surface area contributed by atoms with Gasteiger partial charge < -0.3 is 15.4 Å². The highest BCUT2D eigenvalue weighted by molar-refractivity contribution is 6.28. The first-order valence-corrected chi connectivity index (χ1v) is 6.32. The third kappa shape index (κ3) is 2.36. The molecule has 1 aromatic rings. The van der Waals surface area contributed by atoms with Crippen LogP contribution < -0.4 is 10.6 Å². The van der Waals surface area contributed by atoms with Crippen molar-refractivity contribution in [3.05, 3.63) is 16.5 Å². The van der Waals surface area contributed by atoms with Crippen LogP contribution in [0.2, 0.25) is 5.28 Å². The average Bonchev–Trinajstić information content (AvgIpc) is 2.95. The first-order valence-electron chi connectivity index (χ1n) is 5.94. The normalized spacial score (nSPS) is 22.8. The molecule has 2 aliphatic rings. The van der Waals surface area contributed by atoms with Gasteiger partial charge in [0.2, 0.25) is 5.28 Å². The molecule has 0 spiro atoms. The highest BCUT2D eigenvalue weighted by Gasteiger charge is 2.20. The number of hydrogen-bond acceptors (Lipinski definition) is 5. The maximum absolute atomic E-state index is 5.90. The monoisotopic (exact) mass is 254 g/mol. The Morgan fingerprint density at radius 1 is 1.41 bits per heavy atom. The maximum Gasteiger partial charge on any atom is 0.224 e. The molecule has 5 nitrogen and oxygen atoms in total. The molecule has 1 aromatic heterocycles. The molecule has 0 aliphatic carbocycles. The fourth-order valence-electron chi connectivity index (χ4n) is 2.30. The summed E-state index contributed by atoms with van der Waals surface area (Å²) in [4.78, 5) is 8.47. The van der Waals surface area contributed by atoms with E-state index >= 15 is 0 Å². The van der Waals surface area contributed by atoms with E-state index in [9.17, 15) is 0 Å². The molecule has 1 saturated heterocycles. The number of ether oxygens (including phenoxy) is 1. The van der Waals surface area contributed by atoms with Crippen LogP contribution in [0.4, 0.5) is 5.82 Å². The lowest BCUT2D eigenvalue weighted by Crippen LogP contribution is -2.20. The molecular formula is C11H15ClN4O. The van der Waals surface area contributed by atoms with Crippen molar-refractivity contribution >= 4 is 17.4 Å². The van der Waals surface area contributed by atoms with Crippen LogP contribution in [0, 0.1) is 0 Å². The van der Waals surface area contributed by atoms with Crippen LogP contribution >= 0.6 is 11.6 Å². The standard InChI is InChI=1S/C11H15ClN4O/c12-11-15-9-6-13-5-8(9)10(16-11)14-4-7-2-1-3-17-7/h7,13H,1-6H2,(H,14,15,16). The second-order valence-corrected chi connectivity index (χ2v) is 4.72. The molecule has 6 heteroatoms. The Morgan fingerprint density at radius 2 is 2.35 bits per heavy atom. The summed E-state index contributed by atoms with van der Waals surface area (Å²) >= 11 is 5.90. The second kappa shape index (κ2) is 4.76. The van der Waals surface area contributed by atoms with E-state index in [2.05, 4.69) is 20.6 Å². The Morgan fingerprint density at radius 3 is 3.18 bits per heavy atom. The first-order chi connectivity index (χ1) is 8.33. The van der Waals surface area contributed by atoms with Gasteiger partial charge in [0.25, 0.3) is 0 Å². The lowest BCUT2D eigenvalue weighted by molar-refractivity contribution is 0.120. The lowest BCUT2D eigenvalue weighted by atomic mass is 10.2. The fraction of sp³-hybridized carbons (Fsp3) is 0.636. The molecule has 92 valence electrons. The first kappa shape index (κ1) is 11.2. The fourth-order valence-corrected chi connectivity index (χ4v) is 2.49. The van der Waals surface area contributed by atoms with Gasteiger partial charge in [-0.15, -0.1) is 0 Å². The Labute approximate surface area is 105 Å². The van der Waals surface area contributed by atoms with Crippen molar-refractivity contribution in [1.29, 1.82) is 0 Å². The van der Waals surface area contributed by atoms with Crippen molar-refractivity contribution in [2.24, 2.45) is 0 Å². The summed E-state index contributed by atoms with van der Waals surface area (Å²) in [5, 5.41) is 6.89. The molecule has 1 atom stereocenters. The quantitative estimate of drug-likeness (QED) is 0.797. The van der Waals surface area contributed by atoms with Gasteiger partial charge in [-0.05, 0) is 24.4 Å². The molecule has 0 radical (unpaired) electrons. The third-order valence-corrected chi connectivity index (χ3v) is 3.35. The zero-order chi connectivity index (χ0) is 11.7. The molecule has 0 amide bonds. The summed E-state index contributed by atoms with van der Waals surface area (Å²) in [6, 6.07) is 0. The molecule has 1 unspecified atom stereocenters. The summed E-state index contributed by atoms with van der Waals surface area (Å²) in [7, 11) is 0. The van der Waals surface area contributed by atoms with E-state index in [0.717, 1.165) is 56.2 Å².